The lowest BCUT2D eigenvalue weighted by molar-refractivity contribution is 1.03. The van der Waals surface area contributed by atoms with Gasteiger partial charge in [0.05, 0.1) is 50.2 Å². The van der Waals surface area contributed by atoms with Crippen LogP contribution in [0.1, 0.15) is 308 Å². The van der Waals surface area contributed by atoms with Crippen molar-refractivity contribution in [2.24, 2.45) is 0 Å². The third-order valence-corrected chi connectivity index (χ3v) is 25.2. The van der Waals surface area contributed by atoms with Gasteiger partial charge in [-0.05, 0) is 242 Å². The Labute approximate surface area is 796 Å². The molecule has 6 heterocycles. The summed E-state index contributed by atoms with van der Waals surface area (Å²) in [5, 5.41) is 8.30. The minimum Gasteiger partial charge on any atom is -0.309 e. The number of fused-ring (bicyclic) bond motifs is 35. The zero-order valence-electron chi connectivity index (χ0n) is 86.2. The Kier molecular flexibility index (Phi) is 36.8. The summed E-state index contributed by atoms with van der Waals surface area (Å²) in [5.41, 5.74) is 55.6. The molecule has 0 fully saturated rings. The van der Waals surface area contributed by atoms with Gasteiger partial charge in [-0.15, -0.1) is 0 Å². The standard InChI is InChI=1S/3C33H21N.15C2H6/c1-4-10-25-19(6-1)14-22-18-31-23(17-29(22)25)15-21-8-5-11-27-28-13-12-26-24-9-3-2-7-20(24)16-30(26)33(28)34(31)32(21)27;1-3-9-25-19(6-1)12-22-16-31-24(15-28(22)25)14-21-8-5-11-27-30-18-29-23(17-32(30)34(31)33(21)27)13-20-7-2-4-10-26(20)29;1-3-9-25-19(6-1)15-23-18-30-24(17-29(23)25)16-22-8-5-11-27-28-13-12-21-14-20-7-2-4-10-26(20)31(21)33(28)34(30)32(22)27;15*1-2/h1-13,17-18H,14-16H2;1-11,15-18H,12-14H2;1-13,17-18H,14-16H2;15*1-2H3. The third kappa shape index (κ3) is 17.6. The molecule has 0 radical (unpaired) electrons. The first-order chi connectivity index (χ1) is 65.5. The molecule has 0 N–H and O–H groups in total. The fraction of sp³-hybridized carbons (Fsp3) is 0.302. The lowest BCUT2D eigenvalue weighted by Crippen LogP contribution is -2.09. The third-order valence-electron chi connectivity index (χ3n) is 25.2. The normalized spacial score (nSPS) is 11.6. The molecule has 0 bridgehead atoms. The summed E-state index contributed by atoms with van der Waals surface area (Å²) in [6, 6.07) is 104. The molecule has 0 unspecified atom stereocenters. The zero-order valence-corrected chi connectivity index (χ0v) is 86.2. The topological polar surface area (TPSA) is 14.8 Å². The van der Waals surface area contributed by atoms with E-state index in [1.165, 1.54) is 249 Å². The van der Waals surface area contributed by atoms with Gasteiger partial charge in [0.1, 0.15) is 0 Å². The molecule has 0 saturated heterocycles. The Morgan fingerprint density at radius 1 is 0.144 bits per heavy atom. The van der Waals surface area contributed by atoms with Crippen LogP contribution in [-0.4, -0.2) is 13.7 Å². The van der Waals surface area contributed by atoms with Crippen LogP contribution in [0.3, 0.4) is 0 Å². The maximum Gasteiger partial charge on any atom is 0.0622 e. The van der Waals surface area contributed by atoms with E-state index >= 15 is 0 Å². The number of nitrogens with zero attached hydrogens (tertiary/aromatic N) is 3. The van der Waals surface area contributed by atoms with Crippen LogP contribution in [-0.2, 0) is 57.8 Å². The molecular formula is C129H153N3. The highest BCUT2D eigenvalue weighted by Gasteiger charge is 2.35. The van der Waals surface area contributed by atoms with Crippen molar-refractivity contribution >= 4 is 65.4 Å². The van der Waals surface area contributed by atoms with Crippen molar-refractivity contribution in [1.29, 1.82) is 0 Å². The summed E-state index contributed by atoms with van der Waals surface area (Å²) < 4.78 is 7.81. The smallest absolute Gasteiger partial charge is 0.0622 e. The van der Waals surface area contributed by atoms with Gasteiger partial charge in [-0.1, -0.05) is 432 Å². The molecule has 15 aromatic carbocycles. The molecule has 3 aliphatic heterocycles. The van der Waals surface area contributed by atoms with Crippen LogP contribution in [0.15, 0.2) is 273 Å². The fourth-order valence-electron chi connectivity index (χ4n) is 20.9. The largest absolute Gasteiger partial charge is 0.309 e. The van der Waals surface area contributed by atoms with E-state index in [2.05, 4.69) is 287 Å². The van der Waals surface area contributed by atoms with Crippen LogP contribution in [0.2, 0.25) is 0 Å². The summed E-state index contributed by atoms with van der Waals surface area (Å²) in [6.07, 6.45) is 9.17. The molecule has 684 valence electrons. The van der Waals surface area contributed by atoms with Crippen LogP contribution in [0.25, 0.3) is 149 Å². The van der Waals surface area contributed by atoms with Gasteiger partial charge in [0.15, 0.2) is 0 Å². The molecule has 0 amide bonds. The van der Waals surface area contributed by atoms with Crippen molar-refractivity contribution in [3.8, 4) is 83.8 Å². The average molecular weight is 1750 g/mol. The molecule has 18 aromatic rings. The van der Waals surface area contributed by atoms with Crippen LogP contribution < -0.4 is 0 Å². The first-order valence-corrected chi connectivity index (χ1v) is 51.8. The van der Waals surface area contributed by atoms with Gasteiger partial charge in [0.25, 0.3) is 0 Å². The van der Waals surface area contributed by atoms with Crippen LogP contribution in [0.5, 0.6) is 0 Å². The molecule has 3 heteroatoms. The number of hydrogen-bond donors (Lipinski definition) is 0. The maximum absolute atomic E-state index is 2.62. The molecule has 27 rings (SSSR count). The minimum absolute atomic E-state index is 0.997. The van der Waals surface area contributed by atoms with E-state index in [-0.39, 0.29) is 0 Å². The SMILES string of the molecule is CC.CC.CC.CC.CC.CC.CC.CC.CC.CC.CC.CC.CC.CC.CC.c1ccc2c(c1)Cc1cc3c(cc1-2)Cc1cccc2c4cc5c(cc4n-3c12)Cc1ccccc1-5.c1ccc2c(c1)Cc1cc3c(cc1-2)Cc1cccc2c4ccc5c(c4n-3c12)-c1ccccc1C5.c1ccc2c(c1)Cc1cc3c(cc1-2)Cc1cccc2c4ccc5c(c4n-3c12)Cc1ccccc1-5. The summed E-state index contributed by atoms with van der Waals surface area (Å²) in [4.78, 5) is 0. The van der Waals surface area contributed by atoms with E-state index < -0.39 is 0 Å². The van der Waals surface area contributed by atoms with Crippen molar-refractivity contribution in [3.05, 3.63) is 373 Å². The van der Waals surface area contributed by atoms with Crippen LogP contribution >= 0.6 is 0 Å². The van der Waals surface area contributed by atoms with Crippen LogP contribution in [0.4, 0.5) is 0 Å². The monoisotopic (exact) mass is 1740 g/mol. The Morgan fingerprint density at radius 2 is 0.402 bits per heavy atom. The van der Waals surface area contributed by atoms with E-state index in [1.807, 2.05) is 208 Å². The van der Waals surface area contributed by atoms with Gasteiger partial charge in [0, 0.05) is 63.6 Å². The highest BCUT2D eigenvalue weighted by atomic mass is 15.0. The molecule has 0 atom stereocenters. The second kappa shape index (κ2) is 47.7. The summed E-state index contributed by atoms with van der Waals surface area (Å²) in [5.74, 6) is 0. The van der Waals surface area contributed by atoms with Crippen molar-refractivity contribution < 1.29 is 0 Å². The predicted molar refractivity (Wildman–Crippen MR) is 590 cm³/mol. The van der Waals surface area contributed by atoms with Gasteiger partial charge in [-0.3, -0.25) is 0 Å². The van der Waals surface area contributed by atoms with Crippen molar-refractivity contribution in [2.75, 3.05) is 0 Å². The van der Waals surface area contributed by atoms with Gasteiger partial charge in [-0.25, -0.2) is 0 Å². The van der Waals surface area contributed by atoms with Gasteiger partial charge < -0.3 is 13.7 Å². The Balaban J connectivity index is 0.000000180. The van der Waals surface area contributed by atoms with E-state index in [0.717, 1.165) is 57.8 Å². The molecular weight excluding hydrogens is 1590 g/mol. The lowest BCUT2D eigenvalue weighted by atomic mass is 9.93. The van der Waals surface area contributed by atoms with E-state index in [0.29, 0.717) is 0 Å². The van der Waals surface area contributed by atoms with Crippen molar-refractivity contribution in [1.82, 2.24) is 13.7 Å². The van der Waals surface area contributed by atoms with Crippen molar-refractivity contribution in [2.45, 2.75) is 265 Å². The highest BCUT2D eigenvalue weighted by Crippen LogP contribution is 2.54. The van der Waals surface area contributed by atoms with Crippen LogP contribution in [0, 0.1) is 0 Å². The quantitative estimate of drug-likeness (QED) is 0.144. The number of rotatable bonds is 0. The Bertz CT molecular complexity index is 6960. The van der Waals surface area contributed by atoms with Gasteiger partial charge in [0.2, 0.25) is 0 Å². The number of benzene rings is 15. The summed E-state index contributed by atoms with van der Waals surface area (Å²) >= 11 is 0. The molecule has 0 spiro atoms. The van der Waals surface area contributed by atoms with Gasteiger partial charge in [-0.2, -0.15) is 0 Å². The first-order valence-electron chi connectivity index (χ1n) is 51.8. The molecule has 9 aliphatic rings. The Hall–Kier alpha value is -12.3. The number of para-hydroxylation sites is 3. The first kappa shape index (κ1) is 102. The minimum atomic E-state index is 0.997. The highest BCUT2D eigenvalue weighted by molar-refractivity contribution is 6.18. The summed E-state index contributed by atoms with van der Waals surface area (Å²) in [6.45, 7) is 60.0. The van der Waals surface area contributed by atoms with E-state index in [1.54, 1.807) is 0 Å². The maximum atomic E-state index is 2.62. The van der Waals surface area contributed by atoms with E-state index in [9.17, 15) is 0 Å². The lowest BCUT2D eigenvalue weighted by Gasteiger charge is -2.23. The van der Waals surface area contributed by atoms with Crippen molar-refractivity contribution in [3.63, 3.8) is 0 Å². The average Bonchev–Trinajstić information content (AvgIpc) is 1.54. The zero-order chi connectivity index (χ0) is 95.9. The molecule has 3 aromatic heterocycles. The van der Waals surface area contributed by atoms with Gasteiger partial charge >= 0.3 is 0 Å². The molecule has 3 nitrogen and oxygen atoms in total. The number of aromatic nitrogens is 3. The molecule has 6 aliphatic carbocycles. The fourth-order valence-corrected chi connectivity index (χ4v) is 20.9. The second-order valence-corrected chi connectivity index (χ2v) is 30.4. The van der Waals surface area contributed by atoms with E-state index in [4.69, 9.17) is 0 Å². The second-order valence-electron chi connectivity index (χ2n) is 30.4. The predicted octanol–water partition coefficient (Wildman–Crippen LogP) is 38.9. The Morgan fingerprint density at radius 3 is 0.788 bits per heavy atom. The molecule has 132 heavy (non-hydrogen) atoms. The summed E-state index contributed by atoms with van der Waals surface area (Å²) in [7, 11) is 0. The molecule has 0 saturated carbocycles. The number of hydrogen-bond acceptors (Lipinski definition) is 0.